The number of carboxylic acids is 1. The quantitative estimate of drug-likeness (QED) is 0.762. The lowest BCUT2D eigenvalue weighted by Gasteiger charge is -2.31. The van der Waals surface area contributed by atoms with Crippen molar-refractivity contribution in [3.05, 3.63) is 0 Å². The number of likely N-dealkylation sites (N-methyl/N-ethyl adjacent to an activating group) is 1. The number of rotatable bonds is 2. The molecule has 5 nitrogen and oxygen atoms in total. The van der Waals surface area contributed by atoms with Gasteiger partial charge >= 0.3 is 5.97 Å². The van der Waals surface area contributed by atoms with E-state index in [4.69, 9.17) is 5.73 Å². The summed E-state index contributed by atoms with van der Waals surface area (Å²) in [6.45, 7) is 2.19. The Morgan fingerprint density at radius 1 is 1.21 bits per heavy atom. The molecule has 3 fully saturated rings. The van der Waals surface area contributed by atoms with E-state index in [1.165, 1.54) is 19.3 Å². The van der Waals surface area contributed by atoms with Crippen LogP contribution >= 0.6 is 0 Å². The van der Waals surface area contributed by atoms with Gasteiger partial charge in [-0.1, -0.05) is 0 Å². The number of aliphatic carboxylic acids is 1. The van der Waals surface area contributed by atoms with Gasteiger partial charge in [-0.05, 0) is 52.1 Å². The fraction of sp³-hybridized carbons (Fsp3) is 0.929. The fourth-order valence-electron chi connectivity index (χ4n) is 4.22. The summed E-state index contributed by atoms with van der Waals surface area (Å²) >= 11 is 0. The minimum atomic E-state index is -0.984. The maximum atomic E-state index is 11.2. The van der Waals surface area contributed by atoms with Gasteiger partial charge in [0.05, 0.1) is 0 Å². The van der Waals surface area contributed by atoms with Gasteiger partial charge in [-0.15, -0.1) is 0 Å². The van der Waals surface area contributed by atoms with Crippen LogP contribution in [0.1, 0.15) is 38.5 Å². The molecule has 0 aromatic rings. The monoisotopic (exact) mass is 267 g/mol. The zero-order valence-electron chi connectivity index (χ0n) is 11.7. The summed E-state index contributed by atoms with van der Waals surface area (Å²) < 4.78 is 0. The summed E-state index contributed by atoms with van der Waals surface area (Å²) in [6.07, 6.45) is 6.00. The SMILES string of the molecule is CN1C2CCC1CN(C1CCC(N)(C(=O)O)C1)CC2. The van der Waals surface area contributed by atoms with Crippen molar-refractivity contribution in [1.82, 2.24) is 9.80 Å². The number of hydrogen-bond acceptors (Lipinski definition) is 4. The molecule has 0 spiro atoms. The molecular weight excluding hydrogens is 242 g/mol. The summed E-state index contributed by atoms with van der Waals surface area (Å²) in [5.41, 5.74) is 5.02. The maximum Gasteiger partial charge on any atom is 0.323 e. The maximum absolute atomic E-state index is 11.2. The number of nitrogens with zero attached hydrogens (tertiary/aromatic N) is 2. The second-order valence-electron chi connectivity index (χ2n) is 6.69. The molecule has 5 heteroatoms. The van der Waals surface area contributed by atoms with Crippen molar-refractivity contribution in [1.29, 1.82) is 0 Å². The van der Waals surface area contributed by atoms with Crippen molar-refractivity contribution in [2.24, 2.45) is 5.73 Å². The van der Waals surface area contributed by atoms with Crippen molar-refractivity contribution in [3.63, 3.8) is 0 Å². The molecule has 0 aromatic heterocycles. The summed E-state index contributed by atoms with van der Waals surface area (Å²) in [6, 6.07) is 1.76. The average Bonchev–Trinajstić information content (AvgIpc) is 2.83. The summed E-state index contributed by atoms with van der Waals surface area (Å²) in [5.74, 6) is -0.830. The van der Waals surface area contributed by atoms with Crippen LogP contribution in [0.2, 0.25) is 0 Å². The lowest BCUT2D eigenvalue weighted by atomic mass is 9.99. The summed E-state index contributed by atoms with van der Waals surface area (Å²) in [4.78, 5) is 16.3. The van der Waals surface area contributed by atoms with Crippen LogP contribution < -0.4 is 5.73 Å². The number of fused-ring (bicyclic) bond motifs is 2. The van der Waals surface area contributed by atoms with Gasteiger partial charge in [0, 0.05) is 24.7 Å². The van der Waals surface area contributed by atoms with Gasteiger partial charge in [-0.3, -0.25) is 14.6 Å². The predicted molar refractivity (Wildman–Crippen MR) is 73.0 cm³/mol. The topological polar surface area (TPSA) is 69.8 Å². The van der Waals surface area contributed by atoms with E-state index in [0.717, 1.165) is 25.6 Å². The van der Waals surface area contributed by atoms with Crippen LogP contribution in [0.25, 0.3) is 0 Å². The highest BCUT2D eigenvalue weighted by Crippen LogP contribution is 2.35. The largest absolute Gasteiger partial charge is 0.480 e. The minimum Gasteiger partial charge on any atom is -0.480 e. The van der Waals surface area contributed by atoms with Crippen LogP contribution in [0.3, 0.4) is 0 Å². The van der Waals surface area contributed by atoms with E-state index in [1.807, 2.05) is 0 Å². The first kappa shape index (κ1) is 13.3. The third-order valence-electron chi connectivity index (χ3n) is 5.65. The average molecular weight is 267 g/mol. The van der Waals surface area contributed by atoms with E-state index in [2.05, 4.69) is 16.8 Å². The Balaban J connectivity index is 1.66. The van der Waals surface area contributed by atoms with E-state index in [1.54, 1.807) is 0 Å². The number of carbonyl (C=O) groups is 1. The van der Waals surface area contributed by atoms with E-state index in [9.17, 15) is 9.90 Å². The Labute approximate surface area is 114 Å². The predicted octanol–water partition coefficient (Wildman–Crippen LogP) is 0.490. The molecule has 2 saturated heterocycles. The summed E-state index contributed by atoms with van der Waals surface area (Å²) in [5, 5.41) is 9.24. The van der Waals surface area contributed by atoms with E-state index in [-0.39, 0.29) is 0 Å². The lowest BCUT2D eigenvalue weighted by molar-refractivity contribution is -0.143. The zero-order valence-corrected chi connectivity index (χ0v) is 11.7. The molecule has 2 bridgehead atoms. The number of hydrogen-bond donors (Lipinski definition) is 2. The number of nitrogens with two attached hydrogens (primary N) is 1. The Morgan fingerprint density at radius 2 is 1.95 bits per heavy atom. The van der Waals surface area contributed by atoms with Crippen LogP contribution in [-0.4, -0.2) is 64.7 Å². The molecule has 2 aliphatic heterocycles. The number of carboxylic acid groups (broad SMARTS) is 1. The first-order valence-electron chi connectivity index (χ1n) is 7.48. The zero-order chi connectivity index (χ0) is 13.6. The molecule has 0 aromatic carbocycles. The molecule has 1 aliphatic carbocycles. The van der Waals surface area contributed by atoms with Gasteiger partial charge in [0.25, 0.3) is 0 Å². The van der Waals surface area contributed by atoms with Gasteiger partial charge in [0.15, 0.2) is 0 Å². The van der Waals surface area contributed by atoms with Crippen LogP contribution in [0.5, 0.6) is 0 Å². The molecule has 3 N–H and O–H groups in total. The molecule has 19 heavy (non-hydrogen) atoms. The van der Waals surface area contributed by atoms with Crippen LogP contribution in [0.15, 0.2) is 0 Å². The molecule has 108 valence electrons. The normalized spacial score (nSPS) is 44.4. The van der Waals surface area contributed by atoms with Gasteiger partial charge in [0.1, 0.15) is 5.54 Å². The van der Waals surface area contributed by atoms with Gasteiger partial charge in [0.2, 0.25) is 0 Å². The van der Waals surface area contributed by atoms with Crippen molar-refractivity contribution < 1.29 is 9.90 Å². The Bertz CT molecular complexity index is 376. The highest BCUT2D eigenvalue weighted by molar-refractivity contribution is 5.79. The molecule has 3 rings (SSSR count). The van der Waals surface area contributed by atoms with Crippen LogP contribution in [-0.2, 0) is 4.79 Å². The van der Waals surface area contributed by atoms with Crippen molar-refractivity contribution >= 4 is 5.97 Å². The lowest BCUT2D eigenvalue weighted by Crippen LogP contribution is -2.48. The second-order valence-corrected chi connectivity index (χ2v) is 6.69. The molecule has 4 unspecified atom stereocenters. The smallest absolute Gasteiger partial charge is 0.323 e. The molecule has 2 heterocycles. The Morgan fingerprint density at radius 3 is 2.63 bits per heavy atom. The van der Waals surface area contributed by atoms with Gasteiger partial charge < -0.3 is 10.8 Å². The van der Waals surface area contributed by atoms with Crippen molar-refractivity contribution in [3.8, 4) is 0 Å². The molecule has 0 radical (unpaired) electrons. The van der Waals surface area contributed by atoms with E-state index >= 15 is 0 Å². The Hall–Kier alpha value is -0.650. The first-order chi connectivity index (χ1) is 8.99. The number of likely N-dealkylation sites (tertiary alicyclic amines) is 1. The van der Waals surface area contributed by atoms with E-state index < -0.39 is 11.5 Å². The molecular formula is C14H25N3O2. The van der Waals surface area contributed by atoms with Gasteiger partial charge in [-0.25, -0.2) is 0 Å². The minimum absolute atomic E-state index is 0.369. The second kappa shape index (κ2) is 4.72. The molecule has 0 amide bonds. The Kier molecular flexibility index (Phi) is 3.31. The molecule has 1 saturated carbocycles. The molecule has 3 aliphatic rings. The van der Waals surface area contributed by atoms with Crippen molar-refractivity contribution in [2.75, 3.05) is 20.1 Å². The van der Waals surface area contributed by atoms with Gasteiger partial charge in [-0.2, -0.15) is 0 Å². The van der Waals surface area contributed by atoms with Crippen LogP contribution in [0, 0.1) is 0 Å². The molecule has 4 atom stereocenters. The van der Waals surface area contributed by atoms with E-state index in [0.29, 0.717) is 24.9 Å². The summed E-state index contributed by atoms with van der Waals surface area (Å²) in [7, 11) is 2.24. The van der Waals surface area contributed by atoms with Crippen molar-refractivity contribution in [2.45, 2.75) is 62.2 Å². The van der Waals surface area contributed by atoms with Crippen LogP contribution in [0.4, 0.5) is 0 Å². The third-order valence-corrected chi connectivity index (χ3v) is 5.65. The highest BCUT2D eigenvalue weighted by atomic mass is 16.4. The third kappa shape index (κ3) is 2.28. The highest BCUT2D eigenvalue weighted by Gasteiger charge is 2.45. The fourth-order valence-corrected chi connectivity index (χ4v) is 4.22. The first-order valence-corrected chi connectivity index (χ1v) is 7.48. The standard InChI is InChI=1S/C14H25N3O2/c1-16-10-2-3-12(16)9-17(7-5-10)11-4-6-14(15,8-11)13(18)19/h10-12H,2-9,15H2,1H3,(H,18,19).